The van der Waals surface area contributed by atoms with Crippen LogP contribution in [0.15, 0.2) is 22.7 Å². The van der Waals surface area contributed by atoms with Crippen LogP contribution in [0.25, 0.3) is 11.0 Å². The molecule has 0 spiro atoms. The lowest BCUT2D eigenvalue weighted by Gasteiger charge is -2.20. The number of hydrogen-bond donors (Lipinski definition) is 1. The third kappa shape index (κ3) is 3.83. The topological polar surface area (TPSA) is 29.9 Å². The number of rotatable bonds is 5. The predicted molar refractivity (Wildman–Crippen MR) is 89.2 cm³/mol. The van der Waals surface area contributed by atoms with E-state index >= 15 is 0 Å². The van der Waals surface area contributed by atoms with Crippen LogP contribution < -0.4 is 5.32 Å². The van der Waals surface area contributed by atoms with Crippen LogP contribution in [0, 0.1) is 0 Å². The molecule has 0 radical (unpaired) electrons. The van der Waals surface area contributed by atoms with Crippen molar-refractivity contribution in [2.45, 2.75) is 52.6 Å². The molecule has 0 amide bonds. The summed E-state index contributed by atoms with van der Waals surface area (Å²) in [6, 6.07) is 6.35. The van der Waals surface area contributed by atoms with Gasteiger partial charge in [-0.1, -0.05) is 22.9 Å². The van der Waals surface area contributed by atoms with Gasteiger partial charge in [-0.3, -0.25) is 0 Å². The maximum Gasteiger partial charge on any atom is 0.111 e. The fraction of sp³-hybridized carbons (Fsp3) is 0.562. The van der Waals surface area contributed by atoms with E-state index in [-0.39, 0.29) is 5.54 Å². The highest BCUT2D eigenvalue weighted by molar-refractivity contribution is 9.10. The highest BCUT2D eigenvalue weighted by Crippen LogP contribution is 2.21. The molecule has 1 N–H and O–H groups in total. The van der Waals surface area contributed by atoms with Crippen LogP contribution in [0.2, 0.25) is 0 Å². The Labute approximate surface area is 129 Å². The van der Waals surface area contributed by atoms with E-state index in [9.17, 15) is 0 Å². The molecule has 3 nitrogen and oxygen atoms in total. The average molecular weight is 338 g/mol. The summed E-state index contributed by atoms with van der Waals surface area (Å²) in [6.07, 6.45) is 2.09. The van der Waals surface area contributed by atoms with Gasteiger partial charge in [-0.15, -0.1) is 0 Å². The van der Waals surface area contributed by atoms with Crippen molar-refractivity contribution < 1.29 is 0 Å². The molecule has 0 saturated carbocycles. The fourth-order valence-corrected chi connectivity index (χ4v) is 2.72. The second kappa shape index (κ2) is 6.27. The maximum atomic E-state index is 4.80. The Balaban J connectivity index is 2.24. The van der Waals surface area contributed by atoms with E-state index < -0.39 is 0 Å². The molecule has 0 aliphatic carbocycles. The van der Waals surface area contributed by atoms with Gasteiger partial charge in [0.15, 0.2) is 0 Å². The number of hydrogen-bond acceptors (Lipinski definition) is 2. The summed E-state index contributed by atoms with van der Waals surface area (Å²) in [5.74, 6) is 1.18. The molecule has 0 saturated heterocycles. The van der Waals surface area contributed by atoms with Crippen molar-refractivity contribution in [1.29, 1.82) is 0 Å². The highest BCUT2D eigenvalue weighted by Gasteiger charge is 2.12. The third-order valence-corrected chi connectivity index (χ3v) is 3.73. The van der Waals surface area contributed by atoms with E-state index in [1.54, 1.807) is 0 Å². The van der Waals surface area contributed by atoms with Crippen molar-refractivity contribution in [3.05, 3.63) is 28.5 Å². The first-order valence-corrected chi connectivity index (χ1v) is 8.09. The Morgan fingerprint density at radius 1 is 1.30 bits per heavy atom. The van der Waals surface area contributed by atoms with Gasteiger partial charge in [-0.2, -0.15) is 0 Å². The number of halogens is 1. The summed E-state index contributed by atoms with van der Waals surface area (Å²) >= 11 is 3.52. The van der Waals surface area contributed by atoms with E-state index in [2.05, 4.69) is 71.7 Å². The molecule has 1 heterocycles. The van der Waals surface area contributed by atoms with Gasteiger partial charge in [0.05, 0.1) is 11.0 Å². The van der Waals surface area contributed by atoms with Crippen LogP contribution in [0.4, 0.5) is 0 Å². The minimum Gasteiger partial charge on any atom is -0.328 e. The van der Waals surface area contributed by atoms with Crippen molar-refractivity contribution in [3.63, 3.8) is 0 Å². The maximum absolute atomic E-state index is 4.80. The lowest BCUT2D eigenvalue weighted by Crippen LogP contribution is -2.37. The van der Waals surface area contributed by atoms with Crippen molar-refractivity contribution >= 4 is 27.0 Å². The molecule has 1 aromatic carbocycles. The van der Waals surface area contributed by atoms with Gasteiger partial charge in [0, 0.05) is 29.5 Å². The summed E-state index contributed by atoms with van der Waals surface area (Å²) in [5, 5.41) is 3.53. The summed E-state index contributed by atoms with van der Waals surface area (Å²) in [6.45, 7) is 10.8. The minimum atomic E-state index is 0.157. The molecule has 110 valence electrons. The Morgan fingerprint density at radius 3 is 2.70 bits per heavy atom. The number of nitrogens with one attached hydrogen (secondary N) is 1. The molecule has 0 aliphatic heterocycles. The zero-order chi connectivity index (χ0) is 14.8. The molecule has 0 unspecified atom stereocenters. The minimum absolute atomic E-state index is 0.157. The standard InChI is InChI=1S/C16H24BrN3/c1-5-10-20-14-7-6-12(17)11-13(14)19-15(20)8-9-18-16(2,3)4/h6-7,11,18H,5,8-10H2,1-4H3. The third-order valence-electron chi connectivity index (χ3n) is 3.24. The van der Waals surface area contributed by atoms with E-state index in [0.717, 1.165) is 35.9 Å². The van der Waals surface area contributed by atoms with Crippen molar-refractivity contribution in [2.24, 2.45) is 0 Å². The van der Waals surface area contributed by atoms with Crippen LogP contribution in [0.3, 0.4) is 0 Å². The van der Waals surface area contributed by atoms with Crippen LogP contribution in [-0.4, -0.2) is 21.6 Å². The van der Waals surface area contributed by atoms with E-state index in [1.807, 2.05) is 0 Å². The monoisotopic (exact) mass is 337 g/mol. The van der Waals surface area contributed by atoms with Crippen molar-refractivity contribution in [3.8, 4) is 0 Å². The molecular formula is C16H24BrN3. The predicted octanol–water partition coefficient (Wildman–Crippen LogP) is 4.14. The lowest BCUT2D eigenvalue weighted by molar-refractivity contribution is 0.425. The molecule has 2 aromatic rings. The van der Waals surface area contributed by atoms with E-state index in [1.165, 1.54) is 11.3 Å². The van der Waals surface area contributed by atoms with Gasteiger partial charge in [0.2, 0.25) is 0 Å². The number of benzene rings is 1. The fourth-order valence-electron chi connectivity index (χ4n) is 2.37. The Bertz CT molecular complexity index is 581. The molecule has 1 aromatic heterocycles. The molecule has 2 rings (SSSR count). The zero-order valence-electron chi connectivity index (χ0n) is 12.8. The summed E-state index contributed by atoms with van der Waals surface area (Å²) in [7, 11) is 0. The quantitative estimate of drug-likeness (QED) is 0.888. The lowest BCUT2D eigenvalue weighted by atomic mass is 10.1. The van der Waals surface area contributed by atoms with E-state index in [0.29, 0.717) is 0 Å². The second-order valence-electron chi connectivity index (χ2n) is 6.24. The number of imidazole rings is 1. The first kappa shape index (κ1) is 15.5. The molecule has 20 heavy (non-hydrogen) atoms. The zero-order valence-corrected chi connectivity index (χ0v) is 14.4. The summed E-state index contributed by atoms with van der Waals surface area (Å²) in [4.78, 5) is 4.80. The van der Waals surface area contributed by atoms with Crippen molar-refractivity contribution in [1.82, 2.24) is 14.9 Å². The first-order chi connectivity index (χ1) is 9.40. The van der Waals surface area contributed by atoms with Crippen LogP contribution >= 0.6 is 15.9 Å². The first-order valence-electron chi connectivity index (χ1n) is 7.30. The highest BCUT2D eigenvalue weighted by atomic mass is 79.9. The normalized spacial score (nSPS) is 12.2. The Hall–Kier alpha value is -0.870. The van der Waals surface area contributed by atoms with Crippen LogP contribution in [0.5, 0.6) is 0 Å². The SMILES string of the molecule is CCCn1c(CCNC(C)(C)C)nc2cc(Br)ccc21. The van der Waals surface area contributed by atoms with Gasteiger partial charge < -0.3 is 9.88 Å². The van der Waals surface area contributed by atoms with Gasteiger partial charge in [-0.05, 0) is 45.4 Å². The van der Waals surface area contributed by atoms with Gasteiger partial charge in [0.1, 0.15) is 5.82 Å². The van der Waals surface area contributed by atoms with Gasteiger partial charge in [0.25, 0.3) is 0 Å². The second-order valence-corrected chi connectivity index (χ2v) is 7.16. The van der Waals surface area contributed by atoms with Crippen LogP contribution in [0.1, 0.15) is 39.9 Å². The molecule has 0 fully saturated rings. The molecular weight excluding hydrogens is 314 g/mol. The van der Waals surface area contributed by atoms with Crippen molar-refractivity contribution in [2.75, 3.05) is 6.54 Å². The largest absolute Gasteiger partial charge is 0.328 e. The average Bonchev–Trinajstić information content (AvgIpc) is 2.66. The number of nitrogens with zero attached hydrogens (tertiary/aromatic N) is 2. The molecule has 0 bridgehead atoms. The van der Waals surface area contributed by atoms with E-state index in [4.69, 9.17) is 4.98 Å². The Morgan fingerprint density at radius 2 is 2.05 bits per heavy atom. The van der Waals surface area contributed by atoms with Gasteiger partial charge in [-0.25, -0.2) is 4.98 Å². The summed E-state index contributed by atoms with van der Waals surface area (Å²) < 4.78 is 3.44. The van der Waals surface area contributed by atoms with Crippen LogP contribution in [-0.2, 0) is 13.0 Å². The molecule has 4 heteroatoms. The number of aryl methyl sites for hydroxylation is 1. The molecule has 0 aliphatic rings. The molecule has 0 atom stereocenters. The smallest absolute Gasteiger partial charge is 0.111 e. The number of aromatic nitrogens is 2. The Kier molecular flexibility index (Phi) is 4.86. The number of fused-ring (bicyclic) bond motifs is 1. The van der Waals surface area contributed by atoms with Gasteiger partial charge >= 0.3 is 0 Å². The summed E-state index contributed by atoms with van der Waals surface area (Å²) in [5.41, 5.74) is 2.48.